The van der Waals surface area contributed by atoms with E-state index in [9.17, 15) is 0 Å². The molecule has 0 aliphatic rings. The van der Waals surface area contributed by atoms with Crippen molar-refractivity contribution >= 4 is 17.9 Å². The Bertz CT molecular complexity index is 451. The quantitative estimate of drug-likeness (QED) is 0.709. The van der Waals surface area contributed by atoms with Crippen LogP contribution in [0.2, 0.25) is 13.6 Å². The van der Waals surface area contributed by atoms with Crippen LogP contribution in [0.4, 0.5) is 0 Å². The van der Waals surface area contributed by atoms with Crippen LogP contribution in [0.3, 0.4) is 0 Å². The van der Waals surface area contributed by atoms with Gasteiger partial charge in [0, 0.05) is 6.54 Å². The summed E-state index contributed by atoms with van der Waals surface area (Å²) in [7, 11) is 0. The predicted molar refractivity (Wildman–Crippen MR) is 63.8 cm³/mol. The van der Waals surface area contributed by atoms with Gasteiger partial charge in [0.25, 0.3) is 6.85 Å². The summed E-state index contributed by atoms with van der Waals surface area (Å²) in [6, 6.07) is 8.01. The minimum Gasteiger partial charge on any atom is -0.339 e. The van der Waals surface area contributed by atoms with Crippen LogP contribution in [0.25, 0.3) is 11.0 Å². The minimum absolute atomic E-state index is 0.417. The second kappa shape index (κ2) is 3.92. The Hall–Kier alpha value is -1.52. The van der Waals surface area contributed by atoms with E-state index >= 15 is 0 Å². The van der Waals surface area contributed by atoms with Gasteiger partial charge in [0.15, 0.2) is 0 Å². The SMILES string of the molecule is CCN(B(C)C)n1nnc2ccccc21. The van der Waals surface area contributed by atoms with Crippen LogP contribution in [0.5, 0.6) is 0 Å². The molecule has 0 unspecified atom stereocenters. The molecule has 5 heteroatoms. The fourth-order valence-electron chi connectivity index (χ4n) is 1.76. The van der Waals surface area contributed by atoms with Gasteiger partial charge in [0.1, 0.15) is 11.0 Å². The zero-order chi connectivity index (χ0) is 10.8. The lowest BCUT2D eigenvalue weighted by Gasteiger charge is -2.25. The van der Waals surface area contributed by atoms with Gasteiger partial charge in [0.2, 0.25) is 0 Å². The van der Waals surface area contributed by atoms with E-state index < -0.39 is 0 Å². The highest BCUT2D eigenvalue weighted by Crippen LogP contribution is 2.10. The molecule has 1 heterocycles. The Labute approximate surface area is 89.9 Å². The maximum atomic E-state index is 4.18. The van der Waals surface area contributed by atoms with Crippen molar-refractivity contribution in [1.82, 2.24) is 15.1 Å². The predicted octanol–water partition coefficient (Wildman–Crippen LogP) is 1.64. The number of para-hydroxylation sites is 1. The zero-order valence-electron chi connectivity index (χ0n) is 9.38. The Balaban J connectivity index is 2.51. The monoisotopic (exact) mass is 202 g/mol. The molecule has 15 heavy (non-hydrogen) atoms. The van der Waals surface area contributed by atoms with Gasteiger partial charge >= 0.3 is 0 Å². The van der Waals surface area contributed by atoms with Crippen LogP contribution in [-0.2, 0) is 0 Å². The summed E-state index contributed by atoms with van der Waals surface area (Å²) in [4.78, 5) is 4.06. The van der Waals surface area contributed by atoms with E-state index in [0.717, 1.165) is 17.6 Å². The van der Waals surface area contributed by atoms with Gasteiger partial charge in [-0.2, -0.15) is 4.79 Å². The summed E-state index contributed by atoms with van der Waals surface area (Å²) in [6.45, 7) is 7.77. The first kappa shape index (κ1) is 10.0. The van der Waals surface area contributed by atoms with Gasteiger partial charge in [-0.3, -0.25) is 0 Å². The second-order valence-corrected chi connectivity index (χ2v) is 3.82. The average Bonchev–Trinajstić information content (AvgIpc) is 2.63. The average molecular weight is 202 g/mol. The molecule has 0 spiro atoms. The van der Waals surface area contributed by atoms with Gasteiger partial charge in [-0.05, 0) is 24.3 Å². The number of nitrogens with zero attached hydrogens (tertiary/aromatic N) is 4. The molecule has 1 aromatic heterocycles. The molecule has 0 aliphatic heterocycles. The normalized spacial score (nSPS) is 10.6. The van der Waals surface area contributed by atoms with E-state index in [1.807, 2.05) is 29.1 Å². The topological polar surface area (TPSA) is 34.0 Å². The van der Waals surface area contributed by atoms with Gasteiger partial charge in [-0.15, -0.1) is 5.10 Å². The molecule has 0 aliphatic carbocycles. The van der Waals surface area contributed by atoms with Crippen molar-refractivity contribution in [2.24, 2.45) is 0 Å². The van der Waals surface area contributed by atoms with Crippen LogP contribution in [-0.4, -0.2) is 28.5 Å². The minimum atomic E-state index is 0.417. The van der Waals surface area contributed by atoms with Crippen LogP contribution in [0.1, 0.15) is 6.92 Å². The fraction of sp³-hybridized carbons (Fsp3) is 0.400. The number of hydrogen-bond acceptors (Lipinski definition) is 3. The van der Waals surface area contributed by atoms with Crippen LogP contribution >= 0.6 is 0 Å². The Morgan fingerprint density at radius 3 is 2.73 bits per heavy atom. The lowest BCUT2D eigenvalue weighted by molar-refractivity contribution is 0.644. The highest BCUT2D eigenvalue weighted by Gasteiger charge is 2.14. The molecule has 0 radical (unpaired) electrons. The molecule has 0 N–H and O–H groups in total. The summed E-state index contributed by atoms with van der Waals surface area (Å²) >= 11 is 0. The van der Waals surface area contributed by atoms with E-state index in [1.54, 1.807) is 0 Å². The third-order valence-electron chi connectivity index (χ3n) is 2.50. The van der Waals surface area contributed by atoms with Crippen molar-refractivity contribution in [2.45, 2.75) is 20.6 Å². The van der Waals surface area contributed by atoms with Crippen molar-refractivity contribution in [2.75, 3.05) is 11.5 Å². The van der Waals surface area contributed by atoms with Crippen molar-refractivity contribution in [3.63, 3.8) is 0 Å². The third-order valence-corrected chi connectivity index (χ3v) is 2.50. The molecule has 0 atom stereocenters. The molecular formula is C10H15BN4. The van der Waals surface area contributed by atoms with Crippen molar-refractivity contribution in [1.29, 1.82) is 0 Å². The van der Waals surface area contributed by atoms with E-state index in [2.05, 4.69) is 35.8 Å². The molecule has 0 fully saturated rings. The summed E-state index contributed by atoms with van der Waals surface area (Å²) in [5.74, 6) is 0. The van der Waals surface area contributed by atoms with E-state index in [-0.39, 0.29) is 0 Å². The van der Waals surface area contributed by atoms with Gasteiger partial charge in [-0.1, -0.05) is 25.8 Å². The first-order valence-corrected chi connectivity index (χ1v) is 5.31. The maximum absolute atomic E-state index is 4.18. The zero-order valence-corrected chi connectivity index (χ0v) is 9.38. The molecular weight excluding hydrogens is 187 g/mol. The van der Waals surface area contributed by atoms with E-state index in [4.69, 9.17) is 0 Å². The van der Waals surface area contributed by atoms with Crippen molar-refractivity contribution in [3.05, 3.63) is 24.3 Å². The summed E-state index contributed by atoms with van der Waals surface area (Å²) in [5, 5.41) is 8.32. The molecule has 0 saturated carbocycles. The standard InChI is InChI=1S/C10H15BN4/c1-4-14(11(2)3)15-10-8-6-5-7-9(10)12-13-15/h5-8H,4H2,1-3H3. The number of fused-ring (bicyclic) bond motifs is 1. The van der Waals surface area contributed by atoms with Crippen LogP contribution in [0.15, 0.2) is 24.3 Å². The summed E-state index contributed by atoms with van der Waals surface area (Å²) < 4.78 is 0. The highest BCUT2D eigenvalue weighted by atomic mass is 15.7. The van der Waals surface area contributed by atoms with Gasteiger partial charge < -0.3 is 4.92 Å². The summed E-state index contributed by atoms with van der Waals surface area (Å²) in [6.07, 6.45) is 0. The van der Waals surface area contributed by atoms with Crippen molar-refractivity contribution < 1.29 is 0 Å². The molecule has 0 amide bonds. The number of aromatic nitrogens is 3. The first-order chi connectivity index (χ1) is 7.24. The molecule has 4 nitrogen and oxygen atoms in total. The highest BCUT2D eigenvalue weighted by molar-refractivity contribution is 6.58. The Morgan fingerprint density at radius 2 is 2.07 bits per heavy atom. The molecule has 0 bridgehead atoms. The molecule has 2 aromatic rings. The number of hydrogen-bond donors (Lipinski definition) is 0. The Morgan fingerprint density at radius 1 is 1.33 bits per heavy atom. The van der Waals surface area contributed by atoms with Crippen LogP contribution < -0.4 is 4.92 Å². The smallest absolute Gasteiger partial charge is 0.270 e. The Kier molecular flexibility index (Phi) is 2.62. The lowest BCUT2D eigenvalue weighted by atomic mass is 9.67. The first-order valence-electron chi connectivity index (χ1n) is 5.31. The third kappa shape index (κ3) is 1.69. The van der Waals surface area contributed by atoms with E-state index in [1.165, 1.54) is 0 Å². The fourth-order valence-corrected chi connectivity index (χ4v) is 1.76. The van der Waals surface area contributed by atoms with E-state index in [0.29, 0.717) is 6.85 Å². The number of benzene rings is 1. The maximum Gasteiger partial charge on any atom is 0.270 e. The second-order valence-electron chi connectivity index (χ2n) is 3.82. The van der Waals surface area contributed by atoms with Gasteiger partial charge in [0.05, 0.1) is 0 Å². The van der Waals surface area contributed by atoms with Crippen molar-refractivity contribution in [3.8, 4) is 0 Å². The summed E-state index contributed by atoms with van der Waals surface area (Å²) in [5.41, 5.74) is 2.00. The van der Waals surface area contributed by atoms with Gasteiger partial charge in [-0.25, -0.2) is 0 Å². The molecule has 78 valence electrons. The largest absolute Gasteiger partial charge is 0.339 e. The number of rotatable bonds is 3. The lowest BCUT2D eigenvalue weighted by Crippen LogP contribution is -2.44. The molecule has 0 saturated heterocycles. The molecule has 1 aromatic carbocycles. The molecule has 2 rings (SSSR count). The van der Waals surface area contributed by atoms with Crippen LogP contribution in [0, 0.1) is 0 Å².